The fourth-order valence-corrected chi connectivity index (χ4v) is 3.82. The van der Waals surface area contributed by atoms with Crippen molar-refractivity contribution in [2.24, 2.45) is 0 Å². The smallest absolute Gasteiger partial charge is 0.333 e. The predicted molar refractivity (Wildman–Crippen MR) is 132 cm³/mol. The molecule has 38 heavy (non-hydrogen) atoms. The van der Waals surface area contributed by atoms with Gasteiger partial charge in [0.1, 0.15) is 11.7 Å². The van der Waals surface area contributed by atoms with Crippen LogP contribution in [0.2, 0.25) is 0 Å². The lowest BCUT2D eigenvalue weighted by Crippen LogP contribution is -2.41. The van der Waals surface area contributed by atoms with Crippen molar-refractivity contribution in [1.82, 2.24) is 25.0 Å². The first-order chi connectivity index (χ1) is 18.1. The van der Waals surface area contributed by atoms with Gasteiger partial charge in [0.05, 0.1) is 11.8 Å². The average molecular weight is 524 g/mol. The van der Waals surface area contributed by atoms with E-state index in [-0.39, 0.29) is 23.5 Å². The number of carboxylic acid groups (broad SMARTS) is 1. The predicted octanol–water partition coefficient (Wildman–Crippen LogP) is 0.450. The third-order valence-electron chi connectivity index (χ3n) is 5.77. The average Bonchev–Trinajstić information content (AvgIpc) is 3.43. The van der Waals surface area contributed by atoms with Crippen LogP contribution in [0.5, 0.6) is 11.8 Å². The van der Waals surface area contributed by atoms with Crippen LogP contribution in [0.15, 0.2) is 47.4 Å². The SMILES string of the molecule is Nc1nc2[nH]cc(CCc3ccc(C(=O)NC(CCC(=O)On4c(O)ccc4O)C(=O)O)cc3)c2c(=O)[nH]1. The molecule has 3 heterocycles. The molecule has 3 aromatic heterocycles. The molecular weight excluding hydrogens is 500 g/mol. The lowest BCUT2D eigenvalue weighted by Gasteiger charge is -2.14. The molecule has 1 amide bonds. The quantitative estimate of drug-likeness (QED) is 0.151. The molecule has 0 aliphatic carbocycles. The molecule has 0 fully saturated rings. The molecule has 0 aliphatic rings. The van der Waals surface area contributed by atoms with Gasteiger partial charge >= 0.3 is 11.9 Å². The van der Waals surface area contributed by atoms with E-state index in [9.17, 15) is 34.5 Å². The standard InChI is InChI=1S/C24H24N6O8/c25-24-28-20-19(22(35)29-24)14(11-26-20)6-3-12-1-4-13(5-2-12)21(34)27-15(23(36)37)7-10-18(33)38-30-16(31)8-9-17(30)32/h1-2,4-5,8-9,11,15,31-32H,3,6-7,10H2,(H,27,34)(H,36,37)(H4,25,26,28,29,35). The van der Waals surface area contributed by atoms with Gasteiger partial charge in [0.2, 0.25) is 17.7 Å². The van der Waals surface area contributed by atoms with Crippen molar-refractivity contribution in [2.75, 3.05) is 5.73 Å². The third kappa shape index (κ3) is 5.75. The van der Waals surface area contributed by atoms with Gasteiger partial charge in [-0.1, -0.05) is 12.1 Å². The Morgan fingerprint density at radius 3 is 2.42 bits per heavy atom. The number of aromatic amines is 2. The molecule has 198 valence electrons. The first kappa shape index (κ1) is 25.8. The second-order valence-electron chi connectivity index (χ2n) is 8.40. The zero-order valence-corrected chi connectivity index (χ0v) is 19.8. The number of hydrogen-bond acceptors (Lipinski definition) is 9. The first-order valence-electron chi connectivity index (χ1n) is 11.4. The van der Waals surface area contributed by atoms with Crippen molar-refractivity contribution in [2.45, 2.75) is 31.7 Å². The molecule has 8 N–H and O–H groups in total. The van der Waals surface area contributed by atoms with Crippen LogP contribution in [-0.4, -0.2) is 58.9 Å². The van der Waals surface area contributed by atoms with Gasteiger partial charge in [-0.25, -0.2) is 9.59 Å². The van der Waals surface area contributed by atoms with Crippen LogP contribution in [0.4, 0.5) is 5.95 Å². The number of nitrogens with two attached hydrogens (primary N) is 1. The Labute approximate surface area is 213 Å². The van der Waals surface area contributed by atoms with Gasteiger partial charge in [-0.2, -0.15) is 4.98 Å². The zero-order chi connectivity index (χ0) is 27.4. The molecule has 14 heteroatoms. The van der Waals surface area contributed by atoms with Crippen molar-refractivity contribution < 1.29 is 34.5 Å². The molecule has 4 rings (SSSR count). The number of aromatic nitrogens is 4. The number of nitrogens with one attached hydrogen (secondary N) is 3. The Balaban J connectivity index is 1.32. The molecule has 0 saturated carbocycles. The summed E-state index contributed by atoms with van der Waals surface area (Å²) in [5.41, 5.74) is 7.48. The summed E-state index contributed by atoms with van der Waals surface area (Å²) in [6.07, 6.45) is 2.08. The number of aliphatic carboxylic acids is 1. The molecule has 1 unspecified atom stereocenters. The van der Waals surface area contributed by atoms with Gasteiger partial charge < -0.3 is 36.2 Å². The maximum atomic E-state index is 12.6. The van der Waals surface area contributed by atoms with E-state index < -0.39 is 42.1 Å². The molecule has 0 radical (unpaired) electrons. The number of benzene rings is 1. The second kappa shape index (κ2) is 10.8. The van der Waals surface area contributed by atoms with Crippen molar-refractivity contribution in [3.05, 3.63) is 69.6 Å². The van der Waals surface area contributed by atoms with Gasteiger partial charge in [0.15, 0.2) is 0 Å². The number of aryl methyl sites for hydroxylation is 2. The topological polar surface area (TPSA) is 226 Å². The van der Waals surface area contributed by atoms with Crippen LogP contribution in [-0.2, 0) is 22.4 Å². The van der Waals surface area contributed by atoms with Crippen LogP contribution in [0.3, 0.4) is 0 Å². The fourth-order valence-electron chi connectivity index (χ4n) is 3.82. The van der Waals surface area contributed by atoms with Crippen molar-refractivity contribution in [3.8, 4) is 11.8 Å². The first-order valence-corrected chi connectivity index (χ1v) is 11.4. The fraction of sp³-hybridized carbons (Fsp3) is 0.208. The van der Waals surface area contributed by atoms with Crippen LogP contribution in [0.1, 0.15) is 34.3 Å². The maximum absolute atomic E-state index is 12.6. The Hall–Kier alpha value is -5.27. The van der Waals surface area contributed by atoms with Crippen LogP contribution < -0.4 is 21.4 Å². The maximum Gasteiger partial charge on any atom is 0.333 e. The van der Waals surface area contributed by atoms with E-state index in [2.05, 4.69) is 20.3 Å². The summed E-state index contributed by atoms with van der Waals surface area (Å²) in [6, 6.07) is 7.33. The number of nitrogen functional groups attached to an aromatic ring is 1. The normalized spacial score (nSPS) is 11.8. The van der Waals surface area contributed by atoms with Crippen molar-refractivity contribution >= 4 is 34.8 Å². The molecule has 1 aromatic carbocycles. The van der Waals surface area contributed by atoms with Crippen LogP contribution in [0, 0.1) is 0 Å². The number of nitrogens with zero attached hydrogens (tertiary/aromatic N) is 2. The lowest BCUT2D eigenvalue weighted by atomic mass is 10.0. The summed E-state index contributed by atoms with van der Waals surface area (Å²) in [5.74, 6) is -3.93. The minimum Gasteiger partial charge on any atom is -0.492 e. The van der Waals surface area contributed by atoms with Crippen LogP contribution >= 0.6 is 0 Å². The molecule has 0 saturated heterocycles. The van der Waals surface area contributed by atoms with Gasteiger partial charge in [-0.3, -0.25) is 14.6 Å². The van der Waals surface area contributed by atoms with Crippen LogP contribution in [0.25, 0.3) is 11.0 Å². The molecule has 4 aromatic rings. The van der Waals surface area contributed by atoms with Gasteiger partial charge in [-0.05, 0) is 42.5 Å². The highest BCUT2D eigenvalue weighted by atomic mass is 16.7. The summed E-state index contributed by atoms with van der Waals surface area (Å²) in [4.78, 5) is 62.6. The van der Waals surface area contributed by atoms with E-state index in [0.29, 0.717) is 28.6 Å². The minimum absolute atomic E-state index is 0.0207. The number of carboxylic acids is 1. The Kier molecular flexibility index (Phi) is 7.32. The zero-order valence-electron chi connectivity index (χ0n) is 19.8. The van der Waals surface area contributed by atoms with Crippen molar-refractivity contribution in [3.63, 3.8) is 0 Å². The highest BCUT2D eigenvalue weighted by Gasteiger charge is 2.23. The number of anilines is 1. The highest BCUT2D eigenvalue weighted by Crippen LogP contribution is 2.19. The highest BCUT2D eigenvalue weighted by molar-refractivity contribution is 5.96. The molecule has 0 spiro atoms. The van der Waals surface area contributed by atoms with Gasteiger partial charge in [0.25, 0.3) is 11.5 Å². The van der Waals surface area contributed by atoms with E-state index in [1.807, 2.05) is 0 Å². The Morgan fingerprint density at radius 1 is 1.08 bits per heavy atom. The molecular formula is C24H24N6O8. The number of H-pyrrole nitrogens is 2. The number of amides is 1. The molecule has 0 aliphatic heterocycles. The van der Waals surface area contributed by atoms with Crippen molar-refractivity contribution in [1.29, 1.82) is 0 Å². The van der Waals surface area contributed by atoms with E-state index >= 15 is 0 Å². The Morgan fingerprint density at radius 2 is 1.76 bits per heavy atom. The summed E-state index contributed by atoms with van der Waals surface area (Å²) < 4.78 is 0.488. The number of fused-ring (bicyclic) bond motifs is 1. The Bertz CT molecular complexity index is 1530. The monoisotopic (exact) mass is 524 g/mol. The number of aromatic hydroxyl groups is 2. The van der Waals surface area contributed by atoms with Gasteiger partial charge in [-0.15, -0.1) is 4.73 Å². The van der Waals surface area contributed by atoms with E-state index in [4.69, 9.17) is 10.6 Å². The summed E-state index contributed by atoms with van der Waals surface area (Å²) in [7, 11) is 0. The largest absolute Gasteiger partial charge is 0.492 e. The molecule has 14 nitrogen and oxygen atoms in total. The molecule has 1 atom stereocenters. The van der Waals surface area contributed by atoms with E-state index in [0.717, 1.165) is 23.3 Å². The summed E-state index contributed by atoms with van der Waals surface area (Å²) >= 11 is 0. The van der Waals surface area contributed by atoms with E-state index in [1.165, 1.54) is 0 Å². The lowest BCUT2D eigenvalue weighted by molar-refractivity contribution is -0.146. The number of carbonyl (C=O) groups is 3. The van der Waals surface area contributed by atoms with E-state index in [1.54, 1.807) is 30.5 Å². The number of rotatable bonds is 10. The number of carbonyl (C=O) groups excluding carboxylic acids is 2. The minimum atomic E-state index is -1.39. The van der Waals surface area contributed by atoms with Gasteiger partial charge in [0, 0.05) is 23.9 Å². The summed E-state index contributed by atoms with van der Waals surface area (Å²) in [5, 5.41) is 31.3. The molecule has 0 bridgehead atoms. The summed E-state index contributed by atoms with van der Waals surface area (Å²) in [6.45, 7) is 0. The number of hydrogen-bond donors (Lipinski definition) is 7. The third-order valence-corrected chi connectivity index (χ3v) is 5.77. The second-order valence-corrected chi connectivity index (χ2v) is 8.40.